The van der Waals surface area contributed by atoms with Gasteiger partial charge in [0.25, 0.3) is 0 Å². The molecular formula is C15H23FN2. The second-order valence-electron chi connectivity index (χ2n) is 5.54. The van der Waals surface area contributed by atoms with Crippen LogP contribution in [-0.2, 0) is 0 Å². The van der Waals surface area contributed by atoms with Crippen molar-refractivity contribution in [1.29, 1.82) is 0 Å². The molecule has 3 atom stereocenters. The van der Waals surface area contributed by atoms with E-state index >= 15 is 0 Å². The van der Waals surface area contributed by atoms with Gasteiger partial charge in [-0.2, -0.15) is 0 Å². The second kappa shape index (κ2) is 5.27. The molecule has 1 aliphatic rings. The molecule has 2 rings (SSSR count). The molecule has 0 radical (unpaired) electrons. The predicted molar refractivity (Wildman–Crippen MR) is 74.4 cm³/mol. The molecule has 0 amide bonds. The van der Waals surface area contributed by atoms with Gasteiger partial charge in [-0.1, -0.05) is 19.9 Å². The summed E-state index contributed by atoms with van der Waals surface area (Å²) in [5, 5.41) is 3.14. The smallest absolute Gasteiger partial charge is 0.130 e. The van der Waals surface area contributed by atoms with Gasteiger partial charge in [0.05, 0.1) is 0 Å². The first-order chi connectivity index (χ1) is 8.54. The summed E-state index contributed by atoms with van der Waals surface area (Å²) in [6.07, 6.45) is 0. The largest absolute Gasteiger partial charge is 0.371 e. The average Bonchev–Trinajstić information content (AvgIpc) is 2.68. The monoisotopic (exact) mass is 250 g/mol. The molecular weight excluding hydrogens is 227 g/mol. The van der Waals surface area contributed by atoms with Gasteiger partial charge in [0.15, 0.2) is 0 Å². The van der Waals surface area contributed by atoms with Crippen LogP contribution >= 0.6 is 0 Å². The van der Waals surface area contributed by atoms with Gasteiger partial charge in [-0.25, -0.2) is 4.39 Å². The van der Waals surface area contributed by atoms with Crippen molar-refractivity contribution in [3.05, 3.63) is 29.6 Å². The van der Waals surface area contributed by atoms with E-state index < -0.39 is 0 Å². The van der Waals surface area contributed by atoms with Gasteiger partial charge < -0.3 is 10.2 Å². The standard InChI is InChI=1S/C15H23FN2/c1-10-8-18(9-11(10)2)14-7-5-6-13(16)15(14)12(3)17-4/h5-7,10-12,17H,8-9H2,1-4H3. The maximum atomic E-state index is 14.1. The SMILES string of the molecule is CNC(C)c1c(F)cccc1N1CC(C)C(C)C1. The summed E-state index contributed by atoms with van der Waals surface area (Å²) in [5.41, 5.74) is 1.84. The fraction of sp³-hybridized carbons (Fsp3) is 0.600. The van der Waals surface area contributed by atoms with E-state index in [9.17, 15) is 4.39 Å². The van der Waals surface area contributed by atoms with E-state index in [4.69, 9.17) is 0 Å². The van der Waals surface area contributed by atoms with Crippen LogP contribution in [0.3, 0.4) is 0 Å². The van der Waals surface area contributed by atoms with Crippen molar-refractivity contribution in [3.63, 3.8) is 0 Å². The fourth-order valence-electron chi connectivity index (χ4n) is 2.70. The maximum Gasteiger partial charge on any atom is 0.130 e. The molecule has 100 valence electrons. The van der Waals surface area contributed by atoms with E-state index in [1.54, 1.807) is 6.07 Å². The topological polar surface area (TPSA) is 15.3 Å². The zero-order valence-corrected chi connectivity index (χ0v) is 11.7. The molecule has 0 spiro atoms. The molecule has 1 saturated heterocycles. The Kier molecular flexibility index (Phi) is 3.91. The molecule has 1 heterocycles. The number of anilines is 1. The fourth-order valence-corrected chi connectivity index (χ4v) is 2.70. The quantitative estimate of drug-likeness (QED) is 0.886. The molecule has 18 heavy (non-hydrogen) atoms. The van der Waals surface area contributed by atoms with Gasteiger partial charge in [0, 0.05) is 30.4 Å². The van der Waals surface area contributed by atoms with Crippen LogP contribution in [0.1, 0.15) is 32.4 Å². The first-order valence-electron chi connectivity index (χ1n) is 6.75. The third-order valence-electron chi connectivity index (χ3n) is 4.22. The number of hydrogen-bond acceptors (Lipinski definition) is 2. The van der Waals surface area contributed by atoms with E-state index in [0.717, 1.165) is 24.3 Å². The van der Waals surface area contributed by atoms with Crippen LogP contribution in [0.25, 0.3) is 0 Å². The molecule has 0 bridgehead atoms. The minimum atomic E-state index is -0.110. The number of nitrogens with one attached hydrogen (secondary N) is 1. The first kappa shape index (κ1) is 13.3. The molecule has 0 saturated carbocycles. The molecule has 2 nitrogen and oxygen atoms in total. The second-order valence-corrected chi connectivity index (χ2v) is 5.54. The van der Waals surface area contributed by atoms with Crippen LogP contribution in [-0.4, -0.2) is 20.1 Å². The van der Waals surface area contributed by atoms with Crippen LogP contribution in [0.2, 0.25) is 0 Å². The summed E-state index contributed by atoms with van der Waals surface area (Å²) in [7, 11) is 1.87. The Morgan fingerprint density at radius 1 is 1.28 bits per heavy atom. The lowest BCUT2D eigenvalue weighted by molar-refractivity contribution is 0.494. The number of benzene rings is 1. The molecule has 1 N–H and O–H groups in total. The minimum Gasteiger partial charge on any atom is -0.371 e. The summed E-state index contributed by atoms with van der Waals surface area (Å²) in [6, 6.07) is 5.43. The molecule has 0 aliphatic carbocycles. The summed E-state index contributed by atoms with van der Waals surface area (Å²) >= 11 is 0. The predicted octanol–water partition coefficient (Wildman–Crippen LogP) is 3.20. The van der Waals surface area contributed by atoms with Crippen molar-refractivity contribution in [2.24, 2.45) is 11.8 Å². The van der Waals surface area contributed by atoms with Gasteiger partial charge >= 0.3 is 0 Å². The van der Waals surface area contributed by atoms with Crippen LogP contribution in [0, 0.1) is 17.7 Å². The third kappa shape index (κ3) is 2.37. The van der Waals surface area contributed by atoms with E-state index in [-0.39, 0.29) is 11.9 Å². The molecule has 3 heteroatoms. The summed E-state index contributed by atoms with van der Waals surface area (Å²) in [4.78, 5) is 2.32. The summed E-state index contributed by atoms with van der Waals surface area (Å²) < 4.78 is 14.1. The van der Waals surface area contributed by atoms with Gasteiger partial charge in [0.2, 0.25) is 0 Å². The highest BCUT2D eigenvalue weighted by atomic mass is 19.1. The Labute approximate surface area is 109 Å². The van der Waals surface area contributed by atoms with E-state index in [0.29, 0.717) is 11.8 Å². The van der Waals surface area contributed by atoms with E-state index in [1.165, 1.54) is 0 Å². The highest BCUT2D eigenvalue weighted by Gasteiger charge is 2.28. The maximum absolute atomic E-state index is 14.1. The molecule has 1 aliphatic heterocycles. The summed E-state index contributed by atoms with van der Waals surface area (Å²) in [5.74, 6) is 1.23. The van der Waals surface area contributed by atoms with E-state index in [1.807, 2.05) is 26.1 Å². The lowest BCUT2D eigenvalue weighted by atomic mass is 10.0. The van der Waals surface area contributed by atoms with Gasteiger partial charge in [0.1, 0.15) is 5.82 Å². The Balaban J connectivity index is 2.36. The minimum absolute atomic E-state index is 0.0346. The lowest BCUT2D eigenvalue weighted by Gasteiger charge is -2.25. The highest BCUT2D eigenvalue weighted by molar-refractivity contribution is 5.56. The number of nitrogens with zero attached hydrogens (tertiary/aromatic N) is 1. The molecule has 0 aromatic heterocycles. The van der Waals surface area contributed by atoms with Crippen molar-refractivity contribution in [1.82, 2.24) is 5.32 Å². The Bertz CT molecular complexity index is 409. The summed E-state index contributed by atoms with van der Waals surface area (Å²) in [6.45, 7) is 8.59. The van der Waals surface area contributed by atoms with Gasteiger partial charge in [-0.3, -0.25) is 0 Å². The van der Waals surface area contributed by atoms with Crippen LogP contribution in [0.15, 0.2) is 18.2 Å². The zero-order chi connectivity index (χ0) is 13.3. The normalized spacial score (nSPS) is 25.5. The average molecular weight is 250 g/mol. The van der Waals surface area contributed by atoms with Crippen LogP contribution < -0.4 is 10.2 Å². The highest BCUT2D eigenvalue weighted by Crippen LogP contribution is 2.34. The van der Waals surface area contributed by atoms with Crippen LogP contribution in [0.5, 0.6) is 0 Å². The Hall–Kier alpha value is -1.09. The molecule has 1 aromatic rings. The van der Waals surface area contributed by atoms with Crippen molar-refractivity contribution < 1.29 is 4.39 Å². The molecule has 1 aromatic carbocycles. The Morgan fingerprint density at radius 3 is 2.44 bits per heavy atom. The first-order valence-corrected chi connectivity index (χ1v) is 6.75. The number of halogens is 1. The van der Waals surface area contributed by atoms with Gasteiger partial charge in [-0.05, 0) is 37.9 Å². The van der Waals surface area contributed by atoms with E-state index in [2.05, 4.69) is 24.1 Å². The lowest BCUT2D eigenvalue weighted by Crippen LogP contribution is -2.24. The number of rotatable bonds is 3. The third-order valence-corrected chi connectivity index (χ3v) is 4.22. The molecule has 3 unspecified atom stereocenters. The van der Waals surface area contributed by atoms with Crippen molar-refractivity contribution >= 4 is 5.69 Å². The van der Waals surface area contributed by atoms with Crippen molar-refractivity contribution in [2.75, 3.05) is 25.0 Å². The Morgan fingerprint density at radius 2 is 1.89 bits per heavy atom. The zero-order valence-electron chi connectivity index (χ0n) is 11.7. The number of hydrogen-bond donors (Lipinski definition) is 1. The van der Waals surface area contributed by atoms with Crippen LogP contribution in [0.4, 0.5) is 10.1 Å². The van der Waals surface area contributed by atoms with Gasteiger partial charge in [-0.15, -0.1) is 0 Å². The molecule has 1 fully saturated rings. The van der Waals surface area contributed by atoms with Crippen molar-refractivity contribution in [3.8, 4) is 0 Å². The van der Waals surface area contributed by atoms with Crippen molar-refractivity contribution in [2.45, 2.75) is 26.8 Å².